The molecular formula is C13H9ClN2S. The fourth-order valence-corrected chi connectivity index (χ4v) is 3.04. The minimum Gasteiger partial charge on any atom is -0.397 e. The fourth-order valence-electron chi connectivity index (χ4n) is 1.70. The van der Waals surface area contributed by atoms with Crippen LogP contribution in [0.4, 0.5) is 5.69 Å². The minimum absolute atomic E-state index is 0.674. The summed E-state index contributed by atoms with van der Waals surface area (Å²) in [6.45, 7) is 0. The summed E-state index contributed by atoms with van der Waals surface area (Å²) < 4.78 is 1.10. The van der Waals surface area contributed by atoms with E-state index in [1.165, 1.54) is 0 Å². The number of nitrogens with zero attached hydrogens (tertiary/aromatic N) is 1. The van der Waals surface area contributed by atoms with Crippen LogP contribution < -0.4 is 5.73 Å². The van der Waals surface area contributed by atoms with E-state index in [9.17, 15) is 0 Å². The normalized spacial score (nSPS) is 10.9. The van der Waals surface area contributed by atoms with Gasteiger partial charge in [-0.2, -0.15) is 0 Å². The van der Waals surface area contributed by atoms with Gasteiger partial charge in [-0.3, -0.25) is 4.98 Å². The molecule has 2 aromatic heterocycles. The molecule has 4 heteroatoms. The van der Waals surface area contributed by atoms with E-state index in [1.807, 2.05) is 24.3 Å². The number of thiophene rings is 1. The van der Waals surface area contributed by atoms with Gasteiger partial charge in [-0.15, -0.1) is 11.3 Å². The third-order valence-electron chi connectivity index (χ3n) is 2.53. The van der Waals surface area contributed by atoms with Gasteiger partial charge in [0.1, 0.15) is 0 Å². The van der Waals surface area contributed by atoms with Crippen molar-refractivity contribution in [3.8, 4) is 10.6 Å². The highest BCUT2D eigenvalue weighted by atomic mass is 35.5. The molecule has 84 valence electrons. The van der Waals surface area contributed by atoms with Crippen molar-refractivity contribution in [2.75, 3.05) is 5.73 Å². The highest BCUT2D eigenvalue weighted by molar-refractivity contribution is 7.22. The summed E-state index contributed by atoms with van der Waals surface area (Å²) in [5.41, 5.74) is 7.23. The van der Waals surface area contributed by atoms with Crippen LogP contribution in [0.1, 0.15) is 0 Å². The van der Waals surface area contributed by atoms with Crippen LogP contribution in [0.2, 0.25) is 5.02 Å². The Morgan fingerprint density at radius 1 is 1.18 bits per heavy atom. The van der Waals surface area contributed by atoms with Crippen molar-refractivity contribution in [2.24, 2.45) is 0 Å². The number of benzene rings is 1. The van der Waals surface area contributed by atoms with Crippen molar-refractivity contribution in [1.82, 2.24) is 4.98 Å². The molecule has 17 heavy (non-hydrogen) atoms. The lowest BCUT2D eigenvalue weighted by atomic mass is 10.2. The van der Waals surface area contributed by atoms with Gasteiger partial charge in [0, 0.05) is 0 Å². The number of anilines is 1. The van der Waals surface area contributed by atoms with Gasteiger partial charge in [-0.25, -0.2) is 0 Å². The van der Waals surface area contributed by atoms with E-state index in [2.05, 4.69) is 17.1 Å². The molecule has 0 saturated heterocycles. The van der Waals surface area contributed by atoms with E-state index in [4.69, 9.17) is 17.3 Å². The van der Waals surface area contributed by atoms with Crippen LogP contribution in [-0.2, 0) is 0 Å². The Bertz CT molecular complexity index is 673. The van der Waals surface area contributed by atoms with E-state index in [1.54, 1.807) is 17.5 Å². The van der Waals surface area contributed by atoms with E-state index in [-0.39, 0.29) is 0 Å². The van der Waals surface area contributed by atoms with E-state index in [0.717, 1.165) is 25.7 Å². The number of hydrogen-bond acceptors (Lipinski definition) is 3. The Kier molecular flexibility index (Phi) is 2.50. The van der Waals surface area contributed by atoms with Crippen LogP contribution in [0, 0.1) is 0 Å². The highest BCUT2D eigenvalue weighted by Gasteiger charge is 2.07. The lowest BCUT2D eigenvalue weighted by molar-refractivity contribution is 1.34. The smallest absolute Gasteiger partial charge is 0.0803 e. The predicted octanol–water partition coefficient (Wildman–Crippen LogP) is 4.20. The Hall–Kier alpha value is -1.58. The Morgan fingerprint density at radius 3 is 2.76 bits per heavy atom. The summed E-state index contributed by atoms with van der Waals surface area (Å²) in [4.78, 5) is 5.42. The number of nitrogen functional groups attached to an aromatic ring is 1. The summed E-state index contributed by atoms with van der Waals surface area (Å²) in [6.07, 6.45) is 1.67. The van der Waals surface area contributed by atoms with E-state index in [0.29, 0.717) is 5.69 Å². The molecule has 0 aliphatic rings. The molecule has 3 rings (SSSR count). The SMILES string of the molecule is Nc1ccc(-c2cc3cccc(Cl)c3s2)nc1. The van der Waals surface area contributed by atoms with Crippen molar-refractivity contribution in [2.45, 2.75) is 0 Å². The quantitative estimate of drug-likeness (QED) is 0.712. The largest absolute Gasteiger partial charge is 0.397 e. The summed E-state index contributed by atoms with van der Waals surface area (Å²) >= 11 is 7.80. The zero-order chi connectivity index (χ0) is 11.8. The van der Waals surface area contributed by atoms with Gasteiger partial charge in [0.15, 0.2) is 0 Å². The molecule has 0 unspecified atom stereocenters. The molecule has 0 spiro atoms. The Balaban J connectivity index is 2.18. The molecule has 0 saturated carbocycles. The van der Waals surface area contributed by atoms with Gasteiger partial charge in [-0.05, 0) is 29.7 Å². The molecule has 1 aromatic carbocycles. The van der Waals surface area contributed by atoms with Crippen LogP contribution in [0.15, 0.2) is 42.6 Å². The zero-order valence-corrected chi connectivity index (χ0v) is 10.4. The lowest BCUT2D eigenvalue weighted by Gasteiger charge is -1.96. The number of rotatable bonds is 1. The molecule has 0 amide bonds. The maximum atomic E-state index is 6.15. The van der Waals surface area contributed by atoms with Gasteiger partial charge in [0.25, 0.3) is 0 Å². The molecule has 0 aliphatic carbocycles. The molecule has 2 N–H and O–H groups in total. The number of fused-ring (bicyclic) bond motifs is 1. The zero-order valence-electron chi connectivity index (χ0n) is 8.85. The van der Waals surface area contributed by atoms with E-state index >= 15 is 0 Å². The number of pyridine rings is 1. The van der Waals surface area contributed by atoms with E-state index < -0.39 is 0 Å². The van der Waals surface area contributed by atoms with Gasteiger partial charge < -0.3 is 5.73 Å². The molecule has 0 aliphatic heterocycles. The van der Waals surface area contributed by atoms with Crippen LogP contribution in [0.25, 0.3) is 20.7 Å². The number of aromatic nitrogens is 1. The first kappa shape index (κ1) is 10.6. The molecule has 0 fully saturated rings. The first-order valence-corrected chi connectivity index (χ1v) is 6.33. The molecule has 0 radical (unpaired) electrons. The third-order valence-corrected chi connectivity index (χ3v) is 4.17. The first-order valence-electron chi connectivity index (χ1n) is 5.14. The average Bonchev–Trinajstić information content (AvgIpc) is 2.75. The van der Waals surface area contributed by atoms with Crippen molar-refractivity contribution in [1.29, 1.82) is 0 Å². The molecule has 3 aromatic rings. The molecule has 0 atom stereocenters. The van der Waals surface area contributed by atoms with Gasteiger partial charge in [0.2, 0.25) is 0 Å². The Morgan fingerprint density at radius 2 is 2.06 bits per heavy atom. The second-order valence-corrected chi connectivity index (χ2v) is 5.21. The molecule has 2 heterocycles. The average molecular weight is 261 g/mol. The maximum Gasteiger partial charge on any atom is 0.0803 e. The molecule has 0 bridgehead atoms. The summed E-state index contributed by atoms with van der Waals surface area (Å²) in [5, 5.41) is 1.94. The van der Waals surface area contributed by atoms with Crippen molar-refractivity contribution in [3.63, 3.8) is 0 Å². The standard InChI is InChI=1S/C13H9ClN2S/c14-10-3-1-2-8-6-12(17-13(8)10)11-5-4-9(15)7-16-11/h1-7H,15H2. The second kappa shape index (κ2) is 4.02. The van der Waals surface area contributed by atoms with Crippen molar-refractivity contribution in [3.05, 3.63) is 47.6 Å². The number of halogens is 1. The lowest BCUT2D eigenvalue weighted by Crippen LogP contribution is -1.86. The van der Waals surface area contributed by atoms with Gasteiger partial charge in [0.05, 0.1) is 32.2 Å². The van der Waals surface area contributed by atoms with Crippen LogP contribution in [0.5, 0.6) is 0 Å². The molecule has 2 nitrogen and oxygen atoms in total. The van der Waals surface area contributed by atoms with Crippen molar-refractivity contribution < 1.29 is 0 Å². The summed E-state index contributed by atoms with van der Waals surface area (Å²) in [5.74, 6) is 0. The topological polar surface area (TPSA) is 38.9 Å². The maximum absolute atomic E-state index is 6.15. The summed E-state index contributed by atoms with van der Waals surface area (Å²) in [7, 11) is 0. The van der Waals surface area contributed by atoms with Crippen LogP contribution in [-0.4, -0.2) is 4.98 Å². The highest BCUT2D eigenvalue weighted by Crippen LogP contribution is 2.36. The van der Waals surface area contributed by atoms with Gasteiger partial charge in [-0.1, -0.05) is 23.7 Å². The Labute approximate surface area is 108 Å². The second-order valence-electron chi connectivity index (χ2n) is 3.75. The van der Waals surface area contributed by atoms with Gasteiger partial charge >= 0.3 is 0 Å². The predicted molar refractivity (Wildman–Crippen MR) is 74.5 cm³/mol. The van der Waals surface area contributed by atoms with Crippen LogP contribution in [0.3, 0.4) is 0 Å². The van der Waals surface area contributed by atoms with Crippen LogP contribution >= 0.6 is 22.9 Å². The number of nitrogens with two attached hydrogens (primary N) is 1. The first-order chi connectivity index (χ1) is 8.24. The monoisotopic (exact) mass is 260 g/mol. The fraction of sp³-hybridized carbons (Fsp3) is 0. The minimum atomic E-state index is 0.674. The third kappa shape index (κ3) is 1.88. The number of hydrogen-bond donors (Lipinski definition) is 1. The molecular weight excluding hydrogens is 252 g/mol. The summed E-state index contributed by atoms with van der Waals surface area (Å²) in [6, 6.07) is 11.8. The van der Waals surface area contributed by atoms with Crippen molar-refractivity contribution >= 4 is 38.7 Å².